The number of nitrogens with one attached hydrogen (secondary N) is 1. The summed E-state index contributed by atoms with van der Waals surface area (Å²) in [4.78, 5) is 24.3. The molecule has 0 unspecified atom stereocenters. The lowest BCUT2D eigenvalue weighted by atomic mass is 10.1. The fraction of sp³-hybridized carbons (Fsp3) is 0.400. The molecule has 0 atom stereocenters. The number of aryl methyl sites for hydroxylation is 1. The van der Waals surface area contributed by atoms with Crippen LogP contribution in [0.4, 0.5) is 10.5 Å². The van der Waals surface area contributed by atoms with Gasteiger partial charge in [-0.3, -0.25) is 0 Å². The molecular weight excluding hydrogens is 432 g/mol. The van der Waals surface area contributed by atoms with Crippen LogP contribution >= 0.6 is 0 Å². The Morgan fingerprint density at radius 2 is 1.91 bits per heavy atom. The van der Waals surface area contributed by atoms with Crippen molar-refractivity contribution in [2.24, 2.45) is 7.05 Å². The zero-order valence-corrected chi connectivity index (χ0v) is 20.4. The van der Waals surface area contributed by atoms with Gasteiger partial charge < -0.3 is 14.8 Å². The molecule has 2 aromatic heterocycles. The van der Waals surface area contributed by atoms with E-state index in [0.717, 1.165) is 11.3 Å². The minimum Gasteiger partial charge on any atom is -0.444 e. The zero-order chi connectivity index (χ0) is 24.9. The molecule has 0 bridgehead atoms. The summed E-state index contributed by atoms with van der Waals surface area (Å²) in [5.74, 6) is 1.78. The van der Waals surface area contributed by atoms with E-state index < -0.39 is 11.7 Å². The number of carbonyl (C=O) groups excluding carboxylic acids is 1. The van der Waals surface area contributed by atoms with Gasteiger partial charge in [0, 0.05) is 32.1 Å². The van der Waals surface area contributed by atoms with Gasteiger partial charge in [0.15, 0.2) is 11.5 Å². The molecule has 178 valence electrons. The number of hydrogen-bond acceptors (Lipinski definition) is 6. The highest BCUT2D eigenvalue weighted by atomic mass is 16.6. The molecule has 1 aromatic carbocycles. The van der Waals surface area contributed by atoms with E-state index in [0.29, 0.717) is 41.7 Å². The summed E-state index contributed by atoms with van der Waals surface area (Å²) in [5, 5.41) is 7.21. The average Bonchev–Trinajstić information content (AvgIpc) is 3.13. The maximum atomic E-state index is 11.8. The highest BCUT2D eigenvalue weighted by Crippen LogP contribution is 2.35. The normalized spacial score (nSPS) is 11.2. The second kappa shape index (κ2) is 10.3. The second-order valence-corrected chi connectivity index (χ2v) is 9.17. The van der Waals surface area contributed by atoms with Gasteiger partial charge in [-0.15, -0.1) is 0 Å². The van der Waals surface area contributed by atoms with Crippen molar-refractivity contribution >= 4 is 11.8 Å². The summed E-state index contributed by atoms with van der Waals surface area (Å²) in [5.41, 5.74) is 2.37. The Hall–Kier alpha value is -3.93. The minimum atomic E-state index is -0.538. The SMILES string of the molecule is [C-]#[N+]c1ccc(-c2ncc(CCNC(=O)OC(C)(C)C)cn2)c(Oc2cc(C(C)C)nn2C)c1. The Balaban J connectivity index is 1.75. The first-order valence-electron chi connectivity index (χ1n) is 11.1. The molecule has 1 N–H and O–H groups in total. The number of amides is 1. The van der Waals surface area contributed by atoms with E-state index in [1.54, 1.807) is 35.3 Å². The molecule has 0 radical (unpaired) electrons. The van der Waals surface area contributed by atoms with Crippen LogP contribution in [-0.4, -0.2) is 38.0 Å². The van der Waals surface area contributed by atoms with E-state index in [1.807, 2.05) is 33.9 Å². The van der Waals surface area contributed by atoms with Crippen molar-refractivity contribution in [3.8, 4) is 23.0 Å². The fourth-order valence-electron chi connectivity index (χ4n) is 3.06. The third-order valence-corrected chi connectivity index (χ3v) is 4.78. The van der Waals surface area contributed by atoms with Gasteiger partial charge in [-0.25, -0.2) is 24.3 Å². The molecule has 0 saturated carbocycles. The predicted octanol–water partition coefficient (Wildman–Crippen LogP) is 5.41. The second-order valence-electron chi connectivity index (χ2n) is 9.17. The number of alkyl carbamates (subject to hydrolysis) is 1. The molecule has 0 aliphatic heterocycles. The van der Waals surface area contributed by atoms with E-state index >= 15 is 0 Å². The lowest BCUT2D eigenvalue weighted by Crippen LogP contribution is -2.33. The lowest BCUT2D eigenvalue weighted by molar-refractivity contribution is 0.0528. The minimum absolute atomic E-state index is 0.262. The van der Waals surface area contributed by atoms with Gasteiger partial charge in [-0.2, -0.15) is 5.10 Å². The number of nitrogens with zero attached hydrogens (tertiary/aromatic N) is 5. The number of rotatable bonds is 7. The van der Waals surface area contributed by atoms with E-state index in [1.165, 1.54) is 0 Å². The van der Waals surface area contributed by atoms with E-state index in [9.17, 15) is 4.79 Å². The van der Waals surface area contributed by atoms with E-state index in [-0.39, 0.29) is 5.92 Å². The monoisotopic (exact) mass is 462 g/mol. The topological polar surface area (TPSA) is 95.5 Å². The Morgan fingerprint density at radius 1 is 1.21 bits per heavy atom. The van der Waals surface area contributed by atoms with Gasteiger partial charge in [0.2, 0.25) is 5.88 Å². The molecule has 34 heavy (non-hydrogen) atoms. The van der Waals surface area contributed by atoms with Gasteiger partial charge in [0.25, 0.3) is 0 Å². The van der Waals surface area contributed by atoms with Gasteiger partial charge in [-0.05, 0) is 44.7 Å². The van der Waals surface area contributed by atoms with E-state index in [4.69, 9.17) is 16.0 Å². The van der Waals surface area contributed by atoms with Crippen LogP contribution in [0.5, 0.6) is 11.6 Å². The van der Waals surface area contributed by atoms with Crippen LogP contribution in [0, 0.1) is 6.57 Å². The van der Waals surface area contributed by atoms with Crippen LogP contribution in [-0.2, 0) is 18.2 Å². The molecule has 0 saturated heterocycles. The molecule has 1 amide bonds. The lowest BCUT2D eigenvalue weighted by Gasteiger charge is -2.19. The zero-order valence-electron chi connectivity index (χ0n) is 20.4. The van der Waals surface area contributed by atoms with Crippen LogP contribution in [0.1, 0.15) is 51.8 Å². The van der Waals surface area contributed by atoms with Gasteiger partial charge >= 0.3 is 6.09 Å². The molecule has 0 spiro atoms. The summed E-state index contributed by atoms with van der Waals surface area (Å²) in [6, 6.07) is 7.05. The number of aromatic nitrogens is 4. The summed E-state index contributed by atoms with van der Waals surface area (Å²) in [6.45, 7) is 17.3. The Bertz CT molecular complexity index is 1190. The Morgan fingerprint density at radius 3 is 2.50 bits per heavy atom. The predicted molar refractivity (Wildman–Crippen MR) is 129 cm³/mol. The number of ether oxygens (including phenoxy) is 2. The molecule has 3 aromatic rings. The van der Waals surface area contributed by atoms with Crippen molar-refractivity contribution in [1.29, 1.82) is 0 Å². The Kier molecular flexibility index (Phi) is 7.51. The first-order chi connectivity index (χ1) is 16.1. The molecule has 3 rings (SSSR count). The smallest absolute Gasteiger partial charge is 0.407 e. The quantitative estimate of drug-likeness (QED) is 0.472. The first kappa shape index (κ1) is 24.7. The summed E-state index contributed by atoms with van der Waals surface area (Å²) >= 11 is 0. The van der Waals surface area contributed by atoms with E-state index in [2.05, 4.69) is 39.1 Å². The van der Waals surface area contributed by atoms with Crippen LogP contribution in [0.25, 0.3) is 16.2 Å². The van der Waals surface area contributed by atoms with Gasteiger partial charge in [0.05, 0.1) is 17.8 Å². The van der Waals surface area contributed by atoms with Crippen LogP contribution in [0.15, 0.2) is 36.7 Å². The van der Waals surface area contributed by atoms with Crippen molar-refractivity contribution < 1.29 is 14.3 Å². The molecule has 0 fully saturated rings. The van der Waals surface area contributed by atoms with Crippen molar-refractivity contribution in [3.05, 3.63) is 59.3 Å². The largest absolute Gasteiger partial charge is 0.444 e. The molecular formula is C25H30N6O3. The van der Waals surface area contributed by atoms with Gasteiger partial charge in [0.1, 0.15) is 11.4 Å². The third-order valence-electron chi connectivity index (χ3n) is 4.78. The van der Waals surface area contributed by atoms with Crippen molar-refractivity contribution in [2.75, 3.05) is 6.54 Å². The summed E-state index contributed by atoms with van der Waals surface area (Å²) in [7, 11) is 1.82. The summed E-state index contributed by atoms with van der Waals surface area (Å²) < 4.78 is 13.1. The van der Waals surface area contributed by atoms with Crippen molar-refractivity contribution in [1.82, 2.24) is 25.1 Å². The molecule has 2 heterocycles. The molecule has 9 heteroatoms. The highest BCUT2D eigenvalue weighted by Gasteiger charge is 2.17. The highest BCUT2D eigenvalue weighted by molar-refractivity contribution is 5.69. The maximum Gasteiger partial charge on any atom is 0.407 e. The molecule has 0 aliphatic rings. The number of hydrogen-bond donors (Lipinski definition) is 1. The Labute approximate surface area is 200 Å². The first-order valence-corrected chi connectivity index (χ1v) is 11.1. The van der Waals surface area contributed by atoms with Crippen LogP contribution in [0.2, 0.25) is 0 Å². The average molecular weight is 463 g/mol. The van der Waals surface area contributed by atoms with Crippen molar-refractivity contribution in [3.63, 3.8) is 0 Å². The van der Waals surface area contributed by atoms with Crippen LogP contribution in [0.3, 0.4) is 0 Å². The molecule has 0 aliphatic carbocycles. The number of benzene rings is 1. The maximum absolute atomic E-state index is 11.8. The number of carbonyl (C=O) groups is 1. The summed E-state index contributed by atoms with van der Waals surface area (Å²) in [6.07, 6.45) is 3.54. The van der Waals surface area contributed by atoms with Crippen molar-refractivity contribution in [2.45, 2.75) is 52.6 Å². The third kappa shape index (κ3) is 6.54. The fourth-order valence-corrected chi connectivity index (χ4v) is 3.06. The standard InChI is InChI=1S/C25H30N6O3/c1-16(2)20-13-22(31(7)30-20)33-21-12-18(26-6)8-9-19(21)23-28-14-17(15-29-23)10-11-27-24(32)34-25(3,4)5/h8-9,12-16H,10-11H2,1-5,7H3,(H,27,32). The van der Waals surface area contributed by atoms with Crippen LogP contribution < -0.4 is 10.1 Å². The molecule has 9 nitrogen and oxygen atoms in total. The van der Waals surface area contributed by atoms with Gasteiger partial charge in [-0.1, -0.05) is 26.0 Å².